The highest BCUT2D eigenvalue weighted by atomic mass is 33.1. The van der Waals surface area contributed by atoms with Crippen LogP contribution in [0.4, 0.5) is 0 Å². The van der Waals surface area contributed by atoms with Crippen molar-refractivity contribution >= 4 is 45.1 Å². The molecule has 0 unspecified atom stereocenters. The van der Waals surface area contributed by atoms with Gasteiger partial charge >= 0.3 is 11.9 Å². The van der Waals surface area contributed by atoms with Crippen molar-refractivity contribution in [2.45, 2.75) is 56.4 Å². The van der Waals surface area contributed by atoms with Crippen molar-refractivity contribution in [2.75, 3.05) is 5.75 Å². The van der Waals surface area contributed by atoms with Gasteiger partial charge in [-0.2, -0.15) is 0 Å². The third kappa shape index (κ3) is 5.76. The van der Waals surface area contributed by atoms with Gasteiger partial charge in [-0.3, -0.25) is 19.2 Å². The highest BCUT2D eigenvalue weighted by Gasteiger charge is 2.53. The van der Waals surface area contributed by atoms with Gasteiger partial charge < -0.3 is 21.7 Å². The Morgan fingerprint density at radius 3 is 1.75 bits per heavy atom. The Bertz CT molecular complexity index is 468. The molecule has 0 spiro atoms. The number of aliphatic carboxylic acids is 2. The van der Waals surface area contributed by atoms with Crippen molar-refractivity contribution in [1.82, 2.24) is 0 Å². The maximum absolute atomic E-state index is 12.6. The molecule has 0 saturated carbocycles. The van der Waals surface area contributed by atoms with Crippen molar-refractivity contribution in [2.24, 2.45) is 11.5 Å². The largest absolute Gasteiger partial charge is 0.480 e. The van der Waals surface area contributed by atoms with Crippen LogP contribution >= 0.6 is 21.6 Å². The number of carbonyl (C=O) groups is 4. The molecule has 0 aliphatic rings. The number of Topliss-reactive ketones (excluding diaryl/α,β-unsaturated/α-hetero) is 2. The van der Waals surface area contributed by atoms with E-state index in [1.807, 2.05) is 0 Å². The van der Waals surface area contributed by atoms with E-state index < -0.39 is 40.3 Å². The van der Waals surface area contributed by atoms with E-state index in [9.17, 15) is 24.3 Å². The number of hydrogen-bond acceptors (Lipinski definition) is 8. The van der Waals surface area contributed by atoms with Crippen molar-refractivity contribution in [3.63, 3.8) is 0 Å². The highest BCUT2D eigenvalue weighted by Crippen LogP contribution is 2.42. The number of carbonyl (C=O) groups excluding carboxylic acids is 2. The van der Waals surface area contributed by atoms with Gasteiger partial charge in [0.25, 0.3) is 0 Å². The Kier molecular flexibility index (Phi) is 10.2. The summed E-state index contributed by atoms with van der Waals surface area (Å²) in [7, 11) is 1.59. The molecule has 6 N–H and O–H groups in total. The van der Waals surface area contributed by atoms with Gasteiger partial charge in [0, 0.05) is 18.6 Å². The number of hydrogen-bond donors (Lipinski definition) is 4. The Morgan fingerprint density at radius 1 is 0.958 bits per heavy atom. The summed E-state index contributed by atoms with van der Waals surface area (Å²) >= 11 is 0. The minimum atomic E-state index is -1.94. The first-order chi connectivity index (χ1) is 11.1. The Balaban J connectivity index is 5.63. The van der Waals surface area contributed by atoms with Crippen LogP contribution < -0.4 is 11.5 Å². The van der Waals surface area contributed by atoms with Crippen LogP contribution in [0.25, 0.3) is 0 Å². The van der Waals surface area contributed by atoms with Gasteiger partial charge in [-0.05, 0) is 12.8 Å². The zero-order valence-electron chi connectivity index (χ0n) is 13.7. The lowest BCUT2D eigenvalue weighted by atomic mass is 9.86. The first-order valence-corrected chi connectivity index (χ1v) is 9.80. The van der Waals surface area contributed by atoms with Crippen LogP contribution in [-0.4, -0.2) is 56.3 Å². The molecule has 138 valence electrons. The lowest BCUT2D eigenvalue weighted by Crippen LogP contribution is -2.60. The molecule has 0 amide bonds. The van der Waals surface area contributed by atoms with Gasteiger partial charge in [0.2, 0.25) is 0 Å². The molecule has 0 radical (unpaired) electrons. The lowest BCUT2D eigenvalue weighted by Gasteiger charge is -2.33. The summed E-state index contributed by atoms with van der Waals surface area (Å²) in [6, 6.07) is -2.90. The standard InChI is InChI=1S/C14H24N2O6S2/c1-3-5-9(17)14(10(18)6-4-2,11(16)13(21)22)24-23-7-8(15)12(19)20/h8,11H,3-7,15-16H2,1-2H3,(H,19,20)(H,21,22)/t8-,11+/m0/s1. The van der Waals surface area contributed by atoms with E-state index in [2.05, 4.69) is 0 Å². The molecule has 0 fully saturated rings. The van der Waals surface area contributed by atoms with Crippen molar-refractivity contribution < 1.29 is 29.4 Å². The summed E-state index contributed by atoms with van der Waals surface area (Å²) in [6.07, 6.45) is 0.891. The predicted molar refractivity (Wildman–Crippen MR) is 93.8 cm³/mol. The fourth-order valence-corrected chi connectivity index (χ4v) is 5.13. The summed E-state index contributed by atoms with van der Waals surface area (Å²) in [5, 5.41) is 18.1. The molecule has 0 aromatic heterocycles. The van der Waals surface area contributed by atoms with E-state index in [1.54, 1.807) is 13.8 Å². The van der Waals surface area contributed by atoms with E-state index in [0.29, 0.717) is 23.6 Å². The van der Waals surface area contributed by atoms with Gasteiger partial charge in [-0.15, -0.1) is 0 Å². The molecule has 0 aliphatic carbocycles. The molecule has 0 bridgehead atoms. The molecule has 0 heterocycles. The van der Waals surface area contributed by atoms with Crippen LogP contribution in [-0.2, 0) is 19.2 Å². The second kappa shape index (κ2) is 10.7. The summed E-state index contributed by atoms with van der Waals surface area (Å²) < 4.78 is -1.94. The Hall–Kier alpha value is -1.10. The molecule has 0 aliphatic heterocycles. The van der Waals surface area contributed by atoms with Gasteiger partial charge in [0.15, 0.2) is 16.3 Å². The molecule has 2 atom stereocenters. The van der Waals surface area contributed by atoms with Gasteiger partial charge in [0.05, 0.1) is 0 Å². The highest BCUT2D eigenvalue weighted by molar-refractivity contribution is 8.77. The molecule has 8 nitrogen and oxygen atoms in total. The fourth-order valence-electron chi connectivity index (χ4n) is 1.92. The van der Waals surface area contributed by atoms with Crippen LogP contribution in [0.5, 0.6) is 0 Å². The second-order valence-electron chi connectivity index (χ2n) is 5.21. The Morgan fingerprint density at radius 2 is 1.42 bits per heavy atom. The zero-order valence-corrected chi connectivity index (χ0v) is 15.3. The summed E-state index contributed by atoms with van der Waals surface area (Å²) in [4.78, 5) is 47.3. The fraction of sp³-hybridized carbons (Fsp3) is 0.714. The van der Waals surface area contributed by atoms with Gasteiger partial charge in [-0.25, -0.2) is 0 Å². The summed E-state index contributed by atoms with van der Waals surface area (Å²) in [5.74, 6) is -3.89. The molecule has 0 aromatic carbocycles. The average Bonchev–Trinajstić information content (AvgIpc) is 2.50. The van der Waals surface area contributed by atoms with Crippen molar-refractivity contribution in [3.05, 3.63) is 0 Å². The van der Waals surface area contributed by atoms with Crippen LogP contribution in [0.3, 0.4) is 0 Å². The SMILES string of the molecule is CCCC(=O)C(SSC[C@H](N)C(=O)O)(C(=O)CCC)[C@H](N)C(=O)O. The molecule has 0 rings (SSSR count). The zero-order chi connectivity index (χ0) is 18.9. The minimum Gasteiger partial charge on any atom is -0.480 e. The molecular weight excluding hydrogens is 356 g/mol. The molecule has 0 saturated heterocycles. The third-order valence-electron chi connectivity index (χ3n) is 3.24. The van der Waals surface area contributed by atoms with Crippen LogP contribution in [0, 0.1) is 0 Å². The van der Waals surface area contributed by atoms with E-state index >= 15 is 0 Å². The maximum atomic E-state index is 12.6. The molecule has 10 heteroatoms. The number of nitrogens with two attached hydrogens (primary N) is 2. The molecular formula is C14H24N2O6S2. The smallest absolute Gasteiger partial charge is 0.322 e. The van der Waals surface area contributed by atoms with E-state index in [0.717, 1.165) is 10.8 Å². The third-order valence-corrected chi connectivity index (χ3v) is 6.38. The second-order valence-corrected chi connectivity index (χ2v) is 7.80. The normalized spacial score (nSPS) is 14.0. The first kappa shape index (κ1) is 22.9. The Labute approximate surface area is 148 Å². The monoisotopic (exact) mass is 380 g/mol. The van der Waals surface area contributed by atoms with E-state index in [1.165, 1.54) is 0 Å². The average molecular weight is 380 g/mol. The molecule has 24 heavy (non-hydrogen) atoms. The topological polar surface area (TPSA) is 161 Å². The predicted octanol–water partition coefficient (Wildman–Crippen LogP) is 0.669. The number of rotatable bonds is 13. The summed E-state index contributed by atoms with van der Waals surface area (Å²) in [6.45, 7) is 3.47. The molecule has 0 aromatic rings. The minimum absolute atomic E-state index is 0.00891. The van der Waals surface area contributed by atoms with E-state index in [-0.39, 0.29) is 18.6 Å². The van der Waals surface area contributed by atoms with Crippen LogP contribution in [0.1, 0.15) is 39.5 Å². The van der Waals surface area contributed by atoms with Crippen LogP contribution in [0.2, 0.25) is 0 Å². The quantitative estimate of drug-likeness (QED) is 0.264. The van der Waals surface area contributed by atoms with Crippen molar-refractivity contribution in [1.29, 1.82) is 0 Å². The van der Waals surface area contributed by atoms with E-state index in [4.69, 9.17) is 16.6 Å². The van der Waals surface area contributed by atoms with Gasteiger partial charge in [-0.1, -0.05) is 35.4 Å². The lowest BCUT2D eigenvalue weighted by molar-refractivity contribution is -0.144. The number of carboxylic acids is 2. The van der Waals surface area contributed by atoms with Crippen LogP contribution in [0.15, 0.2) is 0 Å². The first-order valence-electron chi connectivity index (χ1n) is 7.49. The summed E-state index contributed by atoms with van der Waals surface area (Å²) in [5.41, 5.74) is 11.1. The number of ketones is 2. The van der Waals surface area contributed by atoms with Gasteiger partial charge in [0.1, 0.15) is 12.1 Å². The van der Waals surface area contributed by atoms with Crippen molar-refractivity contribution in [3.8, 4) is 0 Å². The number of carboxylic acid groups (broad SMARTS) is 2. The maximum Gasteiger partial charge on any atom is 0.322 e.